The lowest BCUT2D eigenvalue weighted by Gasteiger charge is -2.27. The number of carbonyl (C=O) groups is 1. The van der Waals surface area contributed by atoms with E-state index in [9.17, 15) is 4.79 Å². The number of hydrogen-bond donors (Lipinski definition) is 1. The van der Waals surface area contributed by atoms with Crippen LogP contribution in [-0.2, 0) is 14.3 Å². The molecule has 1 atom stereocenters. The molecule has 0 aliphatic carbocycles. The number of ether oxygens (including phenoxy) is 2. The Balaban J connectivity index is 4.26. The van der Waals surface area contributed by atoms with Gasteiger partial charge in [-0.3, -0.25) is 10.1 Å². The van der Waals surface area contributed by atoms with Crippen LogP contribution in [0.3, 0.4) is 0 Å². The Bertz CT molecular complexity index is 206. The van der Waals surface area contributed by atoms with E-state index in [-0.39, 0.29) is 5.97 Å². The Hall–Kier alpha value is -0.870. The van der Waals surface area contributed by atoms with Gasteiger partial charge < -0.3 is 9.47 Å². The van der Waals surface area contributed by atoms with Gasteiger partial charge in [-0.15, -0.1) is 6.58 Å². The van der Waals surface area contributed by atoms with Crippen molar-refractivity contribution in [3.05, 3.63) is 12.7 Å². The summed E-state index contributed by atoms with van der Waals surface area (Å²) in [5.74, 6) is -0.250. The summed E-state index contributed by atoms with van der Waals surface area (Å²) in [5.41, 5.74) is -0.651. The molecule has 1 unspecified atom stereocenters. The average Bonchev–Trinajstić information content (AvgIpc) is 2.25. The van der Waals surface area contributed by atoms with Crippen molar-refractivity contribution >= 4 is 5.97 Å². The lowest BCUT2D eigenvalue weighted by Crippen LogP contribution is -2.51. The van der Waals surface area contributed by atoms with Gasteiger partial charge in [0.2, 0.25) is 0 Å². The second-order valence-corrected chi connectivity index (χ2v) is 3.57. The lowest BCUT2D eigenvalue weighted by atomic mass is 9.96. The molecule has 4 heteroatoms. The van der Waals surface area contributed by atoms with Crippen molar-refractivity contribution in [3.63, 3.8) is 0 Å². The molecule has 0 fully saturated rings. The molecule has 0 saturated carbocycles. The minimum atomic E-state index is -0.651. The van der Waals surface area contributed by atoms with Crippen molar-refractivity contribution in [1.29, 1.82) is 0 Å². The molecule has 0 spiro atoms. The van der Waals surface area contributed by atoms with Gasteiger partial charge in [0.1, 0.15) is 5.54 Å². The summed E-state index contributed by atoms with van der Waals surface area (Å²) in [6.07, 6.45) is 3.23. The van der Waals surface area contributed by atoms with Crippen LogP contribution in [0.5, 0.6) is 0 Å². The van der Waals surface area contributed by atoms with Crippen molar-refractivity contribution < 1.29 is 14.3 Å². The van der Waals surface area contributed by atoms with Crippen LogP contribution >= 0.6 is 0 Å². The van der Waals surface area contributed by atoms with Crippen LogP contribution in [0.1, 0.15) is 19.8 Å². The molecule has 0 aromatic heterocycles. The highest BCUT2D eigenvalue weighted by Gasteiger charge is 2.32. The van der Waals surface area contributed by atoms with Gasteiger partial charge in [-0.25, -0.2) is 0 Å². The SMILES string of the molecule is C=CCCC(C)(NCCOC)C(=O)OC. The summed E-state index contributed by atoms with van der Waals surface area (Å²) >= 11 is 0. The number of hydrogen-bond acceptors (Lipinski definition) is 4. The summed E-state index contributed by atoms with van der Waals surface area (Å²) in [6, 6.07) is 0. The van der Waals surface area contributed by atoms with E-state index < -0.39 is 5.54 Å². The lowest BCUT2D eigenvalue weighted by molar-refractivity contribution is -0.148. The summed E-state index contributed by atoms with van der Waals surface area (Å²) in [6.45, 7) is 6.67. The fraction of sp³-hybridized carbons (Fsp3) is 0.727. The smallest absolute Gasteiger partial charge is 0.325 e. The maximum atomic E-state index is 11.6. The summed E-state index contributed by atoms with van der Waals surface area (Å²) in [7, 11) is 3.02. The minimum Gasteiger partial charge on any atom is -0.468 e. The Morgan fingerprint density at radius 2 is 2.20 bits per heavy atom. The van der Waals surface area contributed by atoms with Gasteiger partial charge in [-0.1, -0.05) is 6.08 Å². The molecule has 0 bridgehead atoms. The topological polar surface area (TPSA) is 47.6 Å². The van der Waals surface area contributed by atoms with Gasteiger partial charge in [0, 0.05) is 13.7 Å². The predicted octanol–water partition coefficient (Wildman–Crippen LogP) is 1.12. The summed E-state index contributed by atoms with van der Waals surface area (Å²) < 4.78 is 9.69. The van der Waals surface area contributed by atoms with Gasteiger partial charge >= 0.3 is 5.97 Å². The zero-order valence-corrected chi connectivity index (χ0v) is 9.84. The number of methoxy groups -OCH3 is 2. The van der Waals surface area contributed by atoms with Crippen molar-refractivity contribution in [3.8, 4) is 0 Å². The molecule has 0 rings (SSSR count). The van der Waals surface area contributed by atoms with Crippen LogP contribution in [0.4, 0.5) is 0 Å². The summed E-state index contributed by atoms with van der Waals surface area (Å²) in [5, 5.41) is 3.14. The largest absolute Gasteiger partial charge is 0.468 e. The van der Waals surface area contributed by atoms with E-state index in [2.05, 4.69) is 11.9 Å². The molecule has 88 valence electrons. The predicted molar refractivity (Wildman–Crippen MR) is 59.7 cm³/mol. The molecule has 0 heterocycles. The third kappa shape index (κ3) is 4.95. The monoisotopic (exact) mass is 215 g/mol. The first kappa shape index (κ1) is 14.1. The molecule has 1 N–H and O–H groups in total. The van der Waals surface area contributed by atoms with Crippen LogP contribution in [0.2, 0.25) is 0 Å². The van der Waals surface area contributed by atoms with E-state index in [1.54, 1.807) is 13.2 Å². The van der Waals surface area contributed by atoms with Gasteiger partial charge in [0.05, 0.1) is 13.7 Å². The number of rotatable bonds is 8. The van der Waals surface area contributed by atoms with Crippen LogP contribution in [0.15, 0.2) is 12.7 Å². The Kier molecular flexibility index (Phi) is 6.99. The van der Waals surface area contributed by atoms with Crippen molar-refractivity contribution in [1.82, 2.24) is 5.32 Å². The highest BCUT2D eigenvalue weighted by molar-refractivity contribution is 5.80. The number of nitrogens with one attached hydrogen (secondary N) is 1. The first-order valence-corrected chi connectivity index (χ1v) is 5.04. The van der Waals surface area contributed by atoms with Crippen molar-refractivity contribution in [2.24, 2.45) is 0 Å². The minimum absolute atomic E-state index is 0.250. The molecular weight excluding hydrogens is 194 g/mol. The van der Waals surface area contributed by atoms with E-state index in [0.717, 1.165) is 6.42 Å². The van der Waals surface area contributed by atoms with Gasteiger partial charge in [-0.2, -0.15) is 0 Å². The third-order valence-corrected chi connectivity index (χ3v) is 2.31. The Morgan fingerprint density at radius 3 is 2.67 bits per heavy atom. The molecule has 15 heavy (non-hydrogen) atoms. The molecule has 0 aliphatic rings. The van der Waals surface area contributed by atoms with Crippen LogP contribution in [-0.4, -0.2) is 38.9 Å². The zero-order chi connectivity index (χ0) is 11.7. The maximum absolute atomic E-state index is 11.6. The quantitative estimate of drug-likeness (QED) is 0.374. The molecule has 0 aliphatic heterocycles. The van der Waals surface area contributed by atoms with E-state index in [1.165, 1.54) is 7.11 Å². The molecule has 0 saturated heterocycles. The first-order valence-electron chi connectivity index (χ1n) is 5.04. The molecule has 0 aromatic rings. The Labute approximate surface area is 91.6 Å². The second-order valence-electron chi connectivity index (χ2n) is 3.57. The third-order valence-electron chi connectivity index (χ3n) is 2.31. The second kappa shape index (κ2) is 7.43. The van der Waals surface area contributed by atoms with Gasteiger partial charge in [0.25, 0.3) is 0 Å². The first-order chi connectivity index (χ1) is 7.10. The van der Waals surface area contributed by atoms with Crippen LogP contribution in [0, 0.1) is 0 Å². The maximum Gasteiger partial charge on any atom is 0.325 e. The van der Waals surface area contributed by atoms with E-state index >= 15 is 0 Å². The van der Waals surface area contributed by atoms with Gasteiger partial charge in [-0.05, 0) is 19.8 Å². The number of esters is 1. The fourth-order valence-corrected chi connectivity index (χ4v) is 1.31. The van der Waals surface area contributed by atoms with E-state index in [4.69, 9.17) is 9.47 Å². The standard InChI is InChI=1S/C11H21NO3/c1-5-6-7-11(2,10(13)15-4)12-8-9-14-3/h5,12H,1,6-9H2,2-4H3. The highest BCUT2D eigenvalue weighted by atomic mass is 16.5. The Morgan fingerprint density at radius 1 is 1.53 bits per heavy atom. The summed E-state index contributed by atoms with van der Waals surface area (Å²) in [4.78, 5) is 11.6. The highest BCUT2D eigenvalue weighted by Crippen LogP contribution is 2.14. The molecular formula is C11H21NO3. The van der Waals surface area contributed by atoms with Crippen LogP contribution in [0.25, 0.3) is 0 Å². The normalized spacial score (nSPS) is 14.3. The van der Waals surface area contributed by atoms with E-state index in [0.29, 0.717) is 19.6 Å². The number of allylic oxidation sites excluding steroid dienone is 1. The van der Waals surface area contributed by atoms with Crippen molar-refractivity contribution in [2.75, 3.05) is 27.4 Å². The van der Waals surface area contributed by atoms with Crippen LogP contribution < -0.4 is 5.32 Å². The van der Waals surface area contributed by atoms with E-state index in [1.807, 2.05) is 6.92 Å². The molecule has 0 aromatic carbocycles. The average molecular weight is 215 g/mol. The van der Waals surface area contributed by atoms with Gasteiger partial charge in [0.15, 0.2) is 0 Å². The van der Waals surface area contributed by atoms with Crippen molar-refractivity contribution in [2.45, 2.75) is 25.3 Å². The molecule has 0 amide bonds. The molecule has 4 nitrogen and oxygen atoms in total. The zero-order valence-electron chi connectivity index (χ0n) is 9.84. The fourth-order valence-electron chi connectivity index (χ4n) is 1.31. The number of carbonyl (C=O) groups excluding carboxylic acids is 1. The molecule has 0 radical (unpaired) electrons.